The highest BCUT2D eigenvalue weighted by molar-refractivity contribution is 6.31. The lowest BCUT2D eigenvalue weighted by molar-refractivity contribution is 0.101. The number of pyridine rings is 1. The minimum absolute atomic E-state index is 0.0621. The van der Waals surface area contributed by atoms with Crippen LogP contribution in [-0.2, 0) is 0 Å². The molecule has 0 atom stereocenters. The SMILES string of the molecule is CC(=O)c1cc(C(=O)Nc2ccc(Cl)cc2C)c(C)n(-c2ccc(Cl)cc2C)c1=O. The molecule has 7 heteroatoms. The van der Waals surface area contributed by atoms with Gasteiger partial charge in [-0.25, -0.2) is 0 Å². The van der Waals surface area contributed by atoms with Crippen molar-refractivity contribution >= 4 is 40.6 Å². The summed E-state index contributed by atoms with van der Waals surface area (Å²) in [4.78, 5) is 38.3. The molecule has 1 heterocycles. The first kappa shape index (κ1) is 21.8. The zero-order valence-corrected chi connectivity index (χ0v) is 18.5. The van der Waals surface area contributed by atoms with Crippen molar-refractivity contribution < 1.29 is 9.59 Å². The fraction of sp³-hybridized carbons (Fsp3) is 0.174. The van der Waals surface area contributed by atoms with E-state index in [9.17, 15) is 14.4 Å². The quantitative estimate of drug-likeness (QED) is 0.540. The number of amides is 1. The summed E-state index contributed by atoms with van der Waals surface area (Å²) in [5.74, 6) is -0.849. The smallest absolute Gasteiger partial charge is 0.266 e. The van der Waals surface area contributed by atoms with Crippen LogP contribution < -0.4 is 10.9 Å². The van der Waals surface area contributed by atoms with E-state index in [2.05, 4.69) is 5.32 Å². The Kier molecular flexibility index (Phi) is 6.15. The minimum atomic E-state index is -0.482. The topological polar surface area (TPSA) is 68.2 Å². The molecule has 1 aromatic heterocycles. The molecular weight excluding hydrogens is 423 g/mol. The molecule has 0 bridgehead atoms. The van der Waals surface area contributed by atoms with Crippen LogP contribution in [0.1, 0.15) is 44.5 Å². The van der Waals surface area contributed by atoms with Crippen molar-refractivity contribution in [3.05, 3.63) is 90.8 Å². The molecule has 0 saturated heterocycles. The lowest BCUT2D eigenvalue weighted by Gasteiger charge is -2.18. The van der Waals surface area contributed by atoms with E-state index in [-0.39, 0.29) is 11.1 Å². The Morgan fingerprint density at radius 1 is 0.867 bits per heavy atom. The Hall–Kier alpha value is -2.89. The van der Waals surface area contributed by atoms with E-state index in [0.29, 0.717) is 27.1 Å². The number of nitrogens with one attached hydrogen (secondary N) is 1. The predicted molar refractivity (Wildman–Crippen MR) is 121 cm³/mol. The molecule has 1 amide bonds. The van der Waals surface area contributed by atoms with Gasteiger partial charge in [-0.1, -0.05) is 23.2 Å². The first-order valence-electron chi connectivity index (χ1n) is 9.21. The van der Waals surface area contributed by atoms with Crippen molar-refractivity contribution in [1.29, 1.82) is 0 Å². The van der Waals surface area contributed by atoms with Gasteiger partial charge in [-0.15, -0.1) is 0 Å². The van der Waals surface area contributed by atoms with Crippen molar-refractivity contribution in [2.45, 2.75) is 27.7 Å². The molecule has 0 fully saturated rings. The van der Waals surface area contributed by atoms with Crippen molar-refractivity contribution in [1.82, 2.24) is 4.57 Å². The van der Waals surface area contributed by atoms with E-state index in [0.717, 1.165) is 11.1 Å². The van der Waals surface area contributed by atoms with Gasteiger partial charge in [0.25, 0.3) is 11.5 Å². The summed E-state index contributed by atoms with van der Waals surface area (Å²) in [6, 6.07) is 11.5. The van der Waals surface area contributed by atoms with Crippen molar-refractivity contribution in [3.8, 4) is 5.69 Å². The molecule has 0 radical (unpaired) electrons. The fourth-order valence-corrected chi connectivity index (χ4v) is 3.76. The summed E-state index contributed by atoms with van der Waals surface area (Å²) in [5, 5.41) is 3.93. The number of aromatic nitrogens is 1. The summed E-state index contributed by atoms with van der Waals surface area (Å²) in [5.41, 5.74) is 2.78. The number of nitrogens with zero attached hydrogens (tertiary/aromatic N) is 1. The van der Waals surface area contributed by atoms with E-state index in [1.165, 1.54) is 17.6 Å². The largest absolute Gasteiger partial charge is 0.322 e. The fourth-order valence-electron chi connectivity index (χ4n) is 3.30. The molecular formula is C23H20Cl2N2O3. The number of anilines is 1. The first-order valence-corrected chi connectivity index (χ1v) is 9.97. The van der Waals surface area contributed by atoms with Crippen LogP contribution in [0, 0.1) is 20.8 Å². The minimum Gasteiger partial charge on any atom is -0.322 e. The first-order chi connectivity index (χ1) is 14.1. The van der Waals surface area contributed by atoms with Gasteiger partial charge in [0, 0.05) is 21.4 Å². The van der Waals surface area contributed by atoms with Gasteiger partial charge in [-0.05, 0) is 81.3 Å². The number of aryl methyl sites for hydroxylation is 2. The summed E-state index contributed by atoms with van der Waals surface area (Å²) >= 11 is 12.0. The number of carbonyl (C=O) groups excluding carboxylic acids is 2. The monoisotopic (exact) mass is 442 g/mol. The van der Waals surface area contributed by atoms with Gasteiger partial charge in [0.2, 0.25) is 0 Å². The summed E-state index contributed by atoms with van der Waals surface area (Å²) in [6.45, 7) is 6.61. The second-order valence-electron chi connectivity index (χ2n) is 7.10. The molecule has 5 nitrogen and oxygen atoms in total. The average molecular weight is 443 g/mol. The molecule has 30 heavy (non-hydrogen) atoms. The van der Waals surface area contributed by atoms with E-state index < -0.39 is 17.2 Å². The van der Waals surface area contributed by atoms with Gasteiger partial charge < -0.3 is 5.32 Å². The van der Waals surface area contributed by atoms with E-state index >= 15 is 0 Å². The van der Waals surface area contributed by atoms with Crippen molar-refractivity contribution in [3.63, 3.8) is 0 Å². The molecule has 0 saturated carbocycles. The Labute approximate surface area is 184 Å². The molecule has 0 spiro atoms. The molecule has 0 aliphatic heterocycles. The summed E-state index contributed by atoms with van der Waals surface area (Å²) < 4.78 is 1.38. The number of rotatable bonds is 4. The van der Waals surface area contributed by atoms with Crippen LogP contribution >= 0.6 is 23.2 Å². The summed E-state index contributed by atoms with van der Waals surface area (Å²) in [6.07, 6.45) is 0. The third-order valence-electron chi connectivity index (χ3n) is 4.91. The molecule has 154 valence electrons. The zero-order chi connectivity index (χ0) is 22.2. The van der Waals surface area contributed by atoms with E-state index in [1.54, 1.807) is 43.3 Å². The standard InChI is InChI=1S/C23H20Cl2N2O3/c1-12-9-16(24)5-7-20(12)26-22(29)18-11-19(15(4)28)23(30)27(14(18)3)21-8-6-17(25)10-13(21)2/h5-11H,1-4H3,(H,26,29). The van der Waals surface area contributed by atoms with Gasteiger partial charge in [0.1, 0.15) is 0 Å². The lowest BCUT2D eigenvalue weighted by atomic mass is 10.1. The predicted octanol–water partition coefficient (Wildman–Crippen LogP) is 5.52. The van der Waals surface area contributed by atoms with Gasteiger partial charge in [0.15, 0.2) is 5.78 Å². The normalized spacial score (nSPS) is 10.7. The maximum atomic E-state index is 13.1. The Bertz CT molecular complexity index is 1250. The van der Waals surface area contributed by atoms with E-state index in [4.69, 9.17) is 23.2 Å². The van der Waals surface area contributed by atoms with Crippen LogP contribution in [0.25, 0.3) is 5.69 Å². The highest BCUT2D eigenvalue weighted by Gasteiger charge is 2.21. The molecule has 2 aromatic carbocycles. The molecule has 1 N–H and O–H groups in total. The molecule has 0 unspecified atom stereocenters. The van der Waals surface area contributed by atoms with Gasteiger partial charge in [0.05, 0.1) is 16.8 Å². The second kappa shape index (κ2) is 8.46. The molecule has 0 aliphatic carbocycles. The average Bonchev–Trinajstić information content (AvgIpc) is 2.65. The number of Topliss-reactive ketones (excluding diaryl/α,β-unsaturated/α-hetero) is 1. The van der Waals surface area contributed by atoms with Crippen LogP contribution in [0.15, 0.2) is 47.3 Å². The molecule has 3 aromatic rings. The lowest BCUT2D eigenvalue weighted by Crippen LogP contribution is -2.30. The van der Waals surface area contributed by atoms with Crippen molar-refractivity contribution in [2.24, 2.45) is 0 Å². The number of ketones is 1. The third-order valence-corrected chi connectivity index (χ3v) is 5.38. The second-order valence-corrected chi connectivity index (χ2v) is 7.97. The number of hydrogen-bond acceptors (Lipinski definition) is 3. The van der Waals surface area contributed by atoms with Crippen molar-refractivity contribution in [2.75, 3.05) is 5.32 Å². The van der Waals surface area contributed by atoms with Crippen LogP contribution in [-0.4, -0.2) is 16.3 Å². The number of halogens is 2. The summed E-state index contributed by atoms with van der Waals surface area (Å²) in [7, 11) is 0. The Balaban J connectivity index is 2.20. The van der Waals surface area contributed by atoms with Crippen LogP contribution in [0.2, 0.25) is 10.0 Å². The highest BCUT2D eigenvalue weighted by Crippen LogP contribution is 2.23. The Morgan fingerprint density at radius 2 is 1.47 bits per heavy atom. The molecule has 0 aliphatic rings. The zero-order valence-electron chi connectivity index (χ0n) is 17.0. The Morgan fingerprint density at radius 3 is 2.03 bits per heavy atom. The maximum Gasteiger partial charge on any atom is 0.266 e. The number of hydrogen-bond donors (Lipinski definition) is 1. The molecule has 3 rings (SSSR count). The van der Waals surface area contributed by atoms with Crippen LogP contribution in [0.3, 0.4) is 0 Å². The number of benzene rings is 2. The van der Waals surface area contributed by atoms with Crippen LogP contribution in [0.5, 0.6) is 0 Å². The number of carbonyl (C=O) groups is 2. The maximum absolute atomic E-state index is 13.1. The van der Waals surface area contributed by atoms with Gasteiger partial charge >= 0.3 is 0 Å². The van der Waals surface area contributed by atoms with E-state index in [1.807, 2.05) is 13.8 Å². The third kappa shape index (κ3) is 4.18. The van der Waals surface area contributed by atoms with Gasteiger partial charge in [-0.2, -0.15) is 0 Å². The van der Waals surface area contributed by atoms with Crippen LogP contribution in [0.4, 0.5) is 5.69 Å². The highest BCUT2D eigenvalue weighted by atomic mass is 35.5. The van der Waals surface area contributed by atoms with Gasteiger partial charge in [-0.3, -0.25) is 19.0 Å².